The topological polar surface area (TPSA) is 28.2 Å². The van der Waals surface area contributed by atoms with Crippen molar-refractivity contribution in [2.75, 3.05) is 18.0 Å². The van der Waals surface area contributed by atoms with Gasteiger partial charge < -0.3 is 10.2 Å². The van der Waals surface area contributed by atoms with E-state index in [2.05, 4.69) is 48.1 Å². The lowest BCUT2D eigenvalue weighted by Crippen LogP contribution is -2.27. The molecule has 0 bridgehead atoms. The number of hydrogen-bond acceptors (Lipinski definition) is 3. The van der Waals surface area contributed by atoms with Crippen molar-refractivity contribution in [2.45, 2.75) is 46.2 Å². The number of rotatable bonds is 5. The van der Waals surface area contributed by atoms with Crippen molar-refractivity contribution < 1.29 is 0 Å². The number of pyridine rings is 1. The van der Waals surface area contributed by atoms with E-state index in [1.165, 1.54) is 25.1 Å². The second kappa shape index (κ2) is 6.19. The minimum atomic E-state index is 0.652. The van der Waals surface area contributed by atoms with Crippen molar-refractivity contribution in [3.63, 3.8) is 0 Å². The van der Waals surface area contributed by atoms with Gasteiger partial charge in [0.2, 0.25) is 0 Å². The first-order valence-electron chi connectivity index (χ1n) is 7.13. The van der Waals surface area contributed by atoms with Crippen LogP contribution in [0.15, 0.2) is 18.3 Å². The van der Waals surface area contributed by atoms with Crippen molar-refractivity contribution in [1.29, 1.82) is 0 Å². The average molecular weight is 247 g/mol. The molecule has 1 fully saturated rings. The van der Waals surface area contributed by atoms with E-state index < -0.39 is 0 Å². The molecule has 0 aliphatic carbocycles. The molecule has 2 heterocycles. The van der Waals surface area contributed by atoms with Crippen molar-refractivity contribution in [3.8, 4) is 0 Å². The van der Waals surface area contributed by atoms with Gasteiger partial charge in [-0.05, 0) is 44.4 Å². The second-order valence-corrected chi connectivity index (χ2v) is 5.52. The largest absolute Gasteiger partial charge is 0.368 e. The molecule has 2 unspecified atom stereocenters. The van der Waals surface area contributed by atoms with Gasteiger partial charge in [0.15, 0.2) is 0 Å². The van der Waals surface area contributed by atoms with Crippen LogP contribution in [0.3, 0.4) is 0 Å². The zero-order chi connectivity index (χ0) is 13.0. The second-order valence-electron chi connectivity index (χ2n) is 5.52. The van der Waals surface area contributed by atoms with Gasteiger partial charge in [-0.2, -0.15) is 0 Å². The Bertz CT molecular complexity index is 378. The van der Waals surface area contributed by atoms with Crippen LogP contribution >= 0.6 is 0 Å². The number of nitrogens with one attached hydrogen (secondary N) is 1. The van der Waals surface area contributed by atoms with Crippen molar-refractivity contribution in [1.82, 2.24) is 10.3 Å². The van der Waals surface area contributed by atoms with Gasteiger partial charge in [-0.3, -0.25) is 4.98 Å². The van der Waals surface area contributed by atoms with Crippen LogP contribution < -0.4 is 10.2 Å². The summed E-state index contributed by atoms with van der Waals surface area (Å²) in [5, 5.41) is 3.41. The first kappa shape index (κ1) is 13.3. The van der Waals surface area contributed by atoms with Crippen LogP contribution in [0.5, 0.6) is 0 Å². The summed E-state index contributed by atoms with van der Waals surface area (Å²) in [6.07, 6.45) is 4.40. The fourth-order valence-corrected chi connectivity index (χ4v) is 2.79. The number of aromatic nitrogens is 1. The first-order chi connectivity index (χ1) is 8.70. The maximum absolute atomic E-state index is 4.44. The third-order valence-electron chi connectivity index (χ3n) is 3.65. The Morgan fingerprint density at radius 3 is 2.94 bits per heavy atom. The summed E-state index contributed by atoms with van der Waals surface area (Å²) in [6.45, 7) is 9.94. The zero-order valence-electron chi connectivity index (χ0n) is 11.8. The molecular weight excluding hydrogens is 222 g/mol. The molecule has 2 atom stereocenters. The van der Waals surface area contributed by atoms with Gasteiger partial charge in [-0.1, -0.05) is 13.8 Å². The molecule has 0 spiro atoms. The smallest absolute Gasteiger partial charge is 0.0562 e. The summed E-state index contributed by atoms with van der Waals surface area (Å²) < 4.78 is 0. The quantitative estimate of drug-likeness (QED) is 0.811. The highest BCUT2D eigenvalue weighted by molar-refractivity contribution is 5.48. The normalized spacial score (nSPS) is 23.6. The summed E-state index contributed by atoms with van der Waals surface area (Å²) in [5.74, 6) is 0.801. The highest BCUT2D eigenvalue weighted by Crippen LogP contribution is 2.28. The molecule has 18 heavy (non-hydrogen) atoms. The Morgan fingerprint density at radius 1 is 1.44 bits per heavy atom. The predicted octanol–water partition coefficient (Wildman–Crippen LogP) is 2.82. The first-order valence-corrected chi connectivity index (χ1v) is 7.13. The molecule has 0 saturated carbocycles. The summed E-state index contributed by atoms with van der Waals surface area (Å²) in [4.78, 5) is 6.95. The van der Waals surface area contributed by atoms with E-state index in [1.807, 2.05) is 6.20 Å². The highest BCUT2D eigenvalue weighted by Gasteiger charge is 2.26. The Kier molecular flexibility index (Phi) is 4.59. The molecule has 1 N–H and O–H groups in total. The maximum Gasteiger partial charge on any atom is 0.0562 e. The minimum Gasteiger partial charge on any atom is -0.368 e. The van der Waals surface area contributed by atoms with E-state index in [0.29, 0.717) is 6.04 Å². The molecule has 0 amide bonds. The molecule has 0 radical (unpaired) electrons. The molecule has 1 aromatic heterocycles. The van der Waals surface area contributed by atoms with E-state index in [4.69, 9.17) is 0 Å². The monoisotopic (exact) mass is 247 g/mol. The molecule has 1 aliphatic heterocycles. The predicted molar refractivity (Wildman–Crippen MR) is 76.8 cm³/mol. The van der Waals surface area contributed by atoms with Crippen LogP contribution in [-0.2, 0) is 6.54 Å². The Morgan fingerprint density at radius 2 is 2.28 bits per heavy atom. The maximum atomic E-state index is 4.44. The SMILES string of the molecule is CCCNCc1cc(N2CC(C)CC2C)ccn1. The zero-order valence-corrected chi connectivity index (χ0v) is 11.8. The molecular formula is C15H25N3. The fraction of sp³-hybridized carbons (Fsp3) is 0.667. The van der Waals surface area contributed by atoms with Crippen LogP contribution in [0.2, 0.25) is 0 Å². The Labute approximate surface area is 111 Å². The third kappa shape index (κ3) is 3.22. The lowest BCUT2D eigenvalue weighted by atomic mass is 10.1. The minimum absolute atomic E-state index is 0.652. The lowest BCUT2D eigenvalue weighted by molar-refractivity contribution is 0.625. The van der Waals surface area contributed by atoms with Crippen LogP contribution in [-0.4, -0.2) is 24.1 Å². The lowest BCUT2D eigenvalue weighted by Gasteiger charge is -2.24. The molecule has 3 nitrogen and oxygen atoms in total. The van der Waals surface area contributed by atoms with E-state index in [0.717, 1.165) is 24.7 Å². The molecule has 1 aromatic rings. The number of hydrogen-bond donors (Lipinski definition) is 1. The van der Waals surface area contributed by atoms with E-state index in [9.17, 15) is 0 Å². The molecule has 100 valence electrons. The van der Waals surface area contributed by atoms with Crippen LogP contribution in [0.25, 0.3) is 0 Å². The van der Waals surface area contributed by atoms with Crippen molar-refractivity contribution in [2.24, 2.45) is 5.92 Å². The van der Waals surface area contributed by atoms with Crippen molar-refractivity contribution in [3.05, 3.63) is 24.0 Å². The molecule has 1 aliphatic rings. The average Bonchev–Trinajstić information content (AvgIpc) is 2.69. The third-order valence-corrected chi connectivity index (χ3v) is 3.65. The Balaban J connectivity index is 2.02. The molecule has 0 aromatic carbocycles. The van der Waals surface area contributed by atoms with E-state index in [-0.39, 0.29) is 0 Å². The molecule has 3 heteroatoms. The van der Waals surface area contributed by atoms with Crippen molar-refractivity contribution >= 4 is 5.69 Å². The van der Waals surface area contributed by atoms with Gasteiger partial charge in [-0.25, -0.2) is 0 Å². The van der Waals surface area contributed by atoms with Gasteiger partial charge in [0.25, 0.3) is 0 Å². The van der Waals surface area contributed by atoms with Gasteiger partial charge in [-0.15, -0.1) is 0 Å². The Hall–Kier alpha value is -1.09. The van der Waals surface area contributed by atoms with E-state index >= 15 is 0 Å². The fourth-order valence-electron chi connectivity index (χ4n) is 2.79. The van der Waals surface area contributed by atoms with E-state index in [1.54, 1.807) is 0 Å². The van der Waals surface area contributed by atoms with Gasteiger partial charge >= 0.3 is 0 Å². The van der Waals surface area contributed by atoms with Crippen LogP contribution in [0.1, 0.15) is 39.3 Å². The standard InChI is InChI=1S/C15H25N3/c1-4-6-16-10-14-9-15(5-7-17-14)18-11-12(2)8-13(18)3/h5,7,9,12-13,16H,4,6,8,10-11H2,1-3H3. The number of nitrogens with zero attached hydrogens (tertiary/aromatic N) is 2. The highest BCUT2D eigenvalue weighted by atomic mass is 15.2. The summed E-state index contributed by atoms with van der Waals surface area (Å²) in [7, 11) is 0. The van der Waals surface area contributed by atoms with Gasteiger partial charge in [0.1, 0.15) is 0 Å². The van der Waals surface area contributed by atoms with Gasteiger partial charge in [0, 0.05) is 31.0 Å². The molecule has 2 rings (SSSR count). The van der Waals surface area contributed by atoms with Crippen LogP contribution in [0.4, 0.5) is 5.69 Å². The summed E-state index contributed by atoms with van der Waals surface area (Å²) in [6, 6.07) is 5.02. The number of anilines is 1. The van der Waals surface area contributed by atoms with Crippen LogP contribution in [0, 0.1) is 5.92 Å². The summed E-state index contributed by atoms with van der Waals surface area (Å²) >= 11 is 0. The molecule has 1 saturated heterocycles. The summed E-state index contributed by atoms with van der Waals surface area (Å²) in [5.41, 5.74) is 2.47. The van der Waals surface area contributed by atoms with Gasteiger partial charge in [0.05, 0.1) is 5.69 Å².